The van der Waals surface area contributed by atoms with Gasteiger partial charge in [-0.15, -0.1) is 0 Å². The van der Waals surface area contributed by atoms with Gasteiger partial charge >= 0.3 is 6.03 Å². The van der Waals surface area contributed by atoms with Crippen molar-refractivity contribution >= 4 is 29.2 Å². The number of carbonyl (C=O) groups is 1. The molecule has 0 spiro atoms. The lowest BCUT2D eigenvalue weighted by Gasteiger charge is -2.28. The smallest absolute Gasteiger partial charge is 0.318 e. The molecule has 1 heterocycles. The first kappa shape index (κ1) is 14.4. The van der Waals surface area contributed by atoms with Crippen molar-refractivity contribution in [3.8, 4) is 0 Å². The number of amides is 2. The number of urea groups is 1. The number of carbonyl (C=O) groups excluding carboxylic acids is 1. The standard InChI is InChI=1S/C13H16Cl2N2O2/c1-9(11-3-2-10(14)8-12(11)15)16-13(18)17-4-6-19-7-5-17/h2-3,8-9H,4-7H2,1H3,(H,16,18). The van der Waals surface area contributed by atoms with Crippen LogP contribution >= 0.6 is 23.2 Å². The fourth-order valence-corrected chi connectivity index (χ4v) is 2.55. The van der Waals surface area contributed by atoms with Crippen molar-refractivity contribution in [2.75, 3.05) is 26.3 Å². The maximum Gasteiger partial charge on any atom is 0.318 e. The molecule has 1 unspecified atom stereocenters. The van der Waals surface area contributed by atoms with Gasteiger partial charge in [0.15, 0.2) is 0 Å². The number of halogens is 2. The summed E-state index contributed by atoms with van der Waals surface area (Å²) in [6, 6.07) is 5.01. The Balaban J connectivity index is 1.99. The lowest BCUT2D eigenvalue weighted by Crippen LogP contribution is -2.46. The Morgan fingerprint density at radius 1 is 1.37 bits per heavy atom. The molecular formula is C13H16Cl2N2O2. The summed E-state index contributed by atoms with van der Waals surface area (Å²) < 4.78 is 5.21. The summed E-state index contributed by atoms with van der Waals surface area (Å²) in [5, 5.41) is 4.07. The fraction of sp³-hybridized carbons (Fsp3) is 0.462. The molecule has 1 fully saturated rings. The molecule has 0 saturated carbocycles. The molecule has 1 aromatic carbocycles. The summed E-state index contributed by atoms with van der Waals surface area (Å²) in [7, 11) is 0. The van der Waals surface area contributed by atoms with Gasteiger partial charge in [0.2, 0.25) is 0 Å². The number of ether oxygens (including phenoxy) is 1. The van der Waals surface area contributed by atoms with Crippen molar-refractivity contribution in [2.24, 2.45) is 0 Å². The van der Waals surface area contributed by atoms with E-state index in [-0.39, 0.29) is 12.1 Å². The van der Waals surface area contributed by atoms with E-state index in [1.165, 1.54) is 0 Å². The van der Waals surface area contributed by atoms with Crippen LogP contribution in [0.3, 0.4) is 0 Å². The zero-order valence-corrected chi connectivity index (χ0v) is 12.2. The maximum atomic E-state index is 12.1. The fourth-order valence-electron chi connectivity index (χ4n) is 1.97. The van der Waals surface area contributed by atoms with E-state index < -0.39 is 0 Å². The first-order valence-electron chi connectivity index (χ1n) is 6.16. The molecule has 19 heavy (non-hydrogen) atoms. The zero-order chi connectivity index (χ0) is 13.8. The lowest BCUT2D eigenvalue weighted by atomic mass is 10.1. The summed E-state index contributed by atoms with van der Waals surface area (Å²) in [6.07, 6.45) is 0. The SMILES string of the molecule is CC(NC(=O)N1CCOCC1)c1ccc(Cl)cc1Cl. The number of nitrogens with one attached hydrogen (secondary N) is 1. The Morgan fingerprint density at radius 3 is 2.68 bits per heavy atom. The van der Waals surface area contributed by atoms with Gasteiger partial charge in [-0.2, -0.15) is 0 Å². The maximum absolute atomic E-state index is 12.1. The Morgan fingerprint density at radius 2 is 2.05 bits per heavy atom. The average Bonchev–Trinajstić information content (AvgIpc) is 2.39. The lowest BCUT2D eigenvalue weighted by molar-refractivity contribution is 0.0526. The molecule has 104 valence electrons. The van der Waals surface area contributed by atoms with E-state index >= 15 is 0 Å². The summed E-state index contributed by atoms with van der Waals surface area (Å²) in [4.78, 5) is 13.8. The van der Waals surface area contributed by atoms with E-state index in [1.54, 1.807) is 17.0 Å². The van der Waals surface area contributed by atoms with Gasteiger partial charge in [0, 0.05) is 23.1 Å². The van der Waals surface area contributed by atoms with Gasteiger partial charge in [-0.05, 0) is 24.6 Å². The summed E-state index contributed by atoms with van der Waals surface area (Å²) in [6.45, 7) is 4.31. The Bertz CT molecular complexity index is 462. The highest BCUT2D eigenvalue weighted by Crippen LogP contribution is 2.26. The summed E-state index contributed by atoms with van der Waals surface area (Å²) >= 11 is 12.0. The Labute approximate surface area is 122 Å². The Kier molecular flexibility index (Phi) is 4.91. The van der Waals surface area contributed by atoms with Gasteiger partial charge in [-0.3, -0.25) is 0 Å². The van der Waals surface area contributed by atoms with Gasteiger partial charge < -0.3 is 15.0 Å². The van der Waals surface area contributed by atoms with E-state index in [2.05, 4.69) is 5.32 Å². The van der Waals surface area contributed by atoms with E-state index in [0.717, 1.165) is 5.56 Å². The van der Waals surface area contributed by atoms with Crippen molar-refractivity contribution in [1.29, 1.82) is 0 Å². The number of nitrogens with zero attached hydrogens (tertiary/aromatic N) is 1. The van der Waals surface area contributed by atoms with Crippen LogP contribution in [-0.2, 0) is 4.74 Å². The van der Waals surface area contributed by atoms with Gasteiger partial charge in [-0.1, -0.05) is 29.3 Å². The molecule has 0 aromatic heterocycles. The van der Waals surface area contributed by atoms with Crippen LogP contribution < -0.4 is 5.32 Å². The summed E-state index contributed by atoms with van der Waals surface area (Å²) in [5.74, 6) is 0. The molecule has 1 atom stereocenters. The third-order valence-corrected chi connectivity index (χ3v) is 3.63. The van der Waals surface area contributed by atoms with Crippen molar-refractivity contribution in [2.45, 2.75) is 13.0 Å². The average molecular weight is 303 g/mol. The van der Waals surface area contributed by atoms with Crippen LogP contribution in [0.1, 0.15) is 18.5 Å². The van der Waals surface area contributed by atoms with Gasteiger partial charge in [0.05, 0.1) is 19.3 Å². The monoisotopic (exact) mass is 302 g/mol. The highest BCUT2D eigenvalue weighted by atomic mass is 35.5. The highest BCUT2D eigenvalue weighted by molar-refractivity contribution is 6.35. The normalized spacial score (nSPS) is 17.1. The first-order chi connectivity index (χ1) is 9.08. The summed E-state index contributed by atoms with van der Waals surface area (Å²) in [5.41, 5.74) is 0.854. The predicted octanol–water partition coefficient (Wildman–Crippen LogP) is 3.10. The minimum Gasteiger partial charge on any atom is -0.378 e. The molecule has 2 amide bonds. The predicted molar refractivity (Wildman–Crippen MR) is 75.8 cm³/mol. The largest absolute Gasteiger partial charge is 0.378 e. The third kappa shape index (κ3) is 3.75. The van der Waals surface area contributed by atoms with Crippen LogP contribution in [0.4, 0.5) is 4.79 Å². The van der Waals surface area contributed by atoms with E-state index in [0.29, 0.717) is 36.3 Å². The molecule has 1 saturated heterocycles. The first-order valence-corrected chi connectivity index (χ1v) is 6.91. The van der Waals surface area contributed by atoms with Gasteiger partial charge in [0.1, 0.15) is 0 Å². The second-order valence-corrected chi connectivity index (χ2v) is 5.28. The number of hydrogen-bond acceptors (Lipinski definition) is 2. The van der Waals surface area contributed by atoms with Crippen molar-refractivity contribution in [3.05, 3.63) is 33.8 Å². The van der Waals surface area contributed by atoms with Crippen LogP contribution in [0, 0.1) is 0 Å². The van der Waals surface area contributed by atoms with Crippen LogP contribution in [-0.4, -0.2) is 37.2 Å². The zero-order valence-electron chi connectivity index (χ0n) is 10.7. The number of rotatable bonds is 2. The van der Waals surface area contributed by atoms with E-state index in [1.807, 2.05) is 13.0 Å². The molecule has 1 aromatic rings. The quantitative estimate of drug-likeness (QED) is 0.912. The molecule has 0 aliphatic carbocycles. The molecule has 6 heteroatoms. The second kappa shape index (κ2) is 6.46. The number of benzene rings is 1. The molecule has 1 aliphatic heterocycles. The molecule has 1 aliphatic rings. The van der Waals surface area contributed by atoms with Crippen molar-refractivity contribution in [1.82, 2.24) is 10.2 Å². The van der Waals surface area contributed by atoms with E-state index in [4.69, 9.17) is 27.9 Å². The number of morpholine rings is 1. The van der Waals surface area contributed by atoms with Crippen LogP contribution in [0.25, 0.3) is 0 Å². The van der Waals surface area contributed by atoms with Gasteiger partial charge in [0.25, 0.3) is 0 Å². The Hall–Kier alpha value is -0.970. The van der Waals surface area contributed by atoms with Crippen LogP contribution in [0.5, 0.6) is 0 Å². The molecular weight excluding hydrogens is 287 g/mol. The second-order valence-electron chi connectivity index (χ2n) is 4.44. The van der Waals surface area contributed by atoms with E-state index in [9.17, 15) is 4.79 Å². The highest BCUT2D eigenvalue weighted by Gasteiger charge is 2.19. The number of hydrogen-bond donors (Lipinski definition) is 1. The minimum atomic E-state index is -0.167. The molecule has 1 N–H and O–H groups in total. The van der Waals surface area contributed by atoms with Gasteiger partial charge in [-0.25, -0.2) is 4.79 Å². The molecule has 0 bridgehead atoms. The topological polar surface area (TPSA) is 41.6 Å². The molecule has 4 nitrogen and oxygen atoms in total. The molecule has 2 rings (SSSR count). The molecule has 0 radical (unpaired) electrons. The third-order valence-electron chi connectivity index (χ3n) is 3.07. The minimum absolute atomic E-state index is 0.0955. The van der Waals surface area contributed by atoms with Crippen molar-refractivity contribution < 1.29 is 9.53 Å². The van der Waals surface area contributed by atoms with Crippen molar-refractivity contribution in [3.63, 3.8) is 0 Å². The van der Waals surface area contributed by atoms with Crippen LogP contribution in [0.2, 0.25) is 10.0 Å². The van der Waals surface area contributed by atoms with Crippen LogP contribution in [0.15, 0.2) is 18.2 Å².